The molecule has 27 heavy (non-hydrogen) atoms. The molecule has 2 rings (SSSR count). The van der Waals surface area contributed by atoms with Gasteiger partial charge in [0, 0.05) is 11.2 Å². The fourth-order valence-electron chi connectivity index (χ4n) is 4.46. The lowest BCUT2D eigenvalue weighted by atomic mass is 9.82. The van der Waals surface area contributed by atoms with Crippen LogP contribution in [-0.2, 0) is 12.8 Å². The molecule has 148 valence electrons. The van der Waals surface area contributed by atoms with Gasteiger partial charge in [0.1, 0.15) is 11.5 Å². The molecule has 0 N–H and O–H groups in total. The molecule has 2 aromatic rings. The van der Waals surface area contributed by atoms with Gasteiger partial charge in [0.15, 0.2) is 0 Å². The standard InChI is InChI=1S/C24H33BrO2/c1-9-18-16(5)20(11-14(3)23(18)26-7)22(13-25)21-12-15(4)24(27-8)19(10-2)17(21)6/h11-12,22H,9-10,13H2,1-8H3. The minimum atomic E-state index is 0.301. The van der Waals surface area contributed by atoms with Gasteiger partial charge >= 0.3 is 0 Å². The lowest BCUT2D eigenvalue weighted by Gasteiger charge is -2.26. The molecule has 0 fully saturated rings. The summed E-state index contributed by atoms with van der Waals surface area (Å²) in [5, 5.41) is 0.887. The Morgan fingerprint density at radius 3 is 1.41 bits per heavy atom. The smallest absolute Gasteiger partial charge is 0.125 e. The molecule has 2 nitrogen and oxygen atoms in total. The zero-order valence-electron chi connectivity index (χ0n) is 18.0. The van der Waals surface area contributed by atoms with Crippen molar-refractivity contribution in [3.05, 3.63) is 56.6 Å². The molecule has 0 radical (unpaired) electrons. The molecule has 0 amide bonds. The van der Waals surface area contributed by atoms with E-state index in [2.05, 4.69) is 69.6 Å². The molecular formula is C24H33BrO2. The predicted molar refractivity (Wildman–Crippen MR) is 119 cm³/mol. The van der Waals surface area contributed by atoms with Crippen LogP contribution in [0.5, 0.6) is 11.5 Å². The van der Waals surface area contributed by atoms with Gasteiger partial charge in [-0.05, 0) is 85.0 Å². The number of hydrogen-bond donors (Lipinski definition) is 0. The molecule has 3 heteroatoms. The summed E-state index contributed by atoms with van der Waals surface area (Å²) in [5.74, 6) is 2.36. The normalized spacial score (nSPS) is 11.2. The summed E-state index contributed by atoms with van der Waals surface area (Å²) in [6.45, 7) is 13.2. The highest BCUT2D eigenvalue weighted by molar-refractivity contribution is 9.09. The molecule has 0 bridgehead atoms. The van der Waals surface area contributed by atoms with Gasteiger partial charge in [-0.1, -0.05) is 41.9 Å². The van der Waals surface area contributed by atoms with Crippen LogP contribution in [0.3, 0.4) is 0 Å². The fraction of sp³-hybridized carbons (Fsp3) is 0.500. The van der Waals surface area contributed by atoms with E-state index < -0.39 is 0 Å². The molecule has 0 aromatic heterocycles. The van der Waals surface area contributed by atoms with Crippen LogP contribution < -0.4 is 9.47 Å². The summed E-state index contributed by atoms with van der Waals surface area (Å²) in [7, 11) is 3.54. The molecular weight excluding hydrogens is 400 g/mol. The Kier molecular flexibility index (Phi) is 7.39. The van der Waals surface area contributed by atoms with Crippen molar-refractivity contribution in [3.63, 3.8) is 0 Å². The number of halogens is 1. The number of hydrogen-bond acceptors (Lipinski definition) is 2. The third-order valence-electron chi connectivity index (χ3n) is 5.80. The van der Waals surface area contributed by atoms with E-state index in [1.807, 2.05) is 0 Å². The van der Waals surface area contributed by atoms with Crippen LogP contribution in [-0.4, -0.2) is 19.5 Å². The van der Waals surface area contributed by atoms with Gasteiger partial charge in [0.2, 0.25) is 0 Å². The maximum Gasteiger partial charge on any atom is 0.125 e. The number of methoxy groups -OCH3 is 2. The third kappa shape index (κ3) is 3.89. The first kappa shape index (κ1) is 21.8. The Morgan fingerprint density at radius 2 is 1.15 bits per heavy atom. The van der Waals surface area contributed by atoms with E-state index in [4.69, 9.17) is 9.47 Å². The fourth-order valence-corrected chi connectivity index (χ4v) is 5.15. The number of aryl methyl sites for hydroxylation is 2. The van der Waals surface area contributed by atoms with E-state index in [0.29, 0.717) is 5.92 Å². The second-order valence-electron chi connectivity index (χ2n) is 7.25. The number of ether oxygens (including phenoxy) is 2. The van der Waals surface area contributed by atoms with Crippen molar-refractivity contribution in [2.45, 2.75) is 60.3 Å². The SMILES string of the molecule is CCc1c(C)c(C(CBr)c2cc(C)c(OC)c(CC)c2C)cc(C)c1OC. The second-order valence-corrected chi connectivity index (χ2v) is 7.90. The van der Waals surface area contributed by atoms with Gasteiger partial charge in [-0.3, -0.25) is 0 Å². The summed E-state index contributed by atoms with van der Waals surface area (Å²) < 4.78 is 11.4. The zero-order valence-corrected chi connectivity index (χ0v) is 19.6. The van der Waals surface area contributed by atoms with Crippen molar-refractivity contribution in [2.75, 3.05) is 19.5 Å². The van der Waals surface area contributed by atoms with Crippen LogP contribution in [0.25, 0.3) is 0 Å². The monoisotopic (exact) mass is 432 g/mol. The molecule has 0 atom stereocenters. The van der Waals surface area contributed by atoms with E-state index in [0.717, 1.165) is 29.7 Å². The van der Waals surface area contributed by atoms with Gasteiger partial charge in [0.25, 0.3) is 0 Å². The molecule has 0 unspecified atom stereocenters. The largest absolute Gasteiger partial charge is 0.496 e. The Balaban J connectivity index is 2.76. The van der Waals surface area contributed by atoms with Gasteiger partial charge in [0.05, 0.1) is 14.2 Å². The van der Waals surface area contributed by atoms with Crippen molar-refractivity contribution < 1.29 is 9.47 Å². The van der Waals surface area contributed by atoms with Crippen LogP contribution in [0.1, 0.15) is 64.3 Å². The average molecular weight is 433 g/mol. The zero-order chi connectivity index (χ0) is 20.3. The summed E-state index contributed by atoms with van der Waals surface area (Å²) >= 11 is 3.81. The highest BCUT2D eigenvalue weighted by Crippen LogP contribution is 2.40. The second kappa shape index (κ2) is 9.14. The van der Waals surface area contributed by atoms with E-state index in [9.17, 15) is 0 Å². The first-order valence-corrected chi connectivity index (χ1v) is 10.9. The summed E-state index contributed by atoms with van der Waals surface area (Å²) in [6, 6.07) is 4.62. The van der Waals surface area contributed by atoms with Crippen LogP contribution in [0.15, 0.2) is 12.1 Å². The van der Waals surface area contributed by atoms with Crippen molar-refractivity contribution in [1.82, 2.24) is 0 Å². The van der Waals surface area contributed by atoms with Gasteiger partial charge < -0.3 is 9.47 Å². The van der Waals surface area contributed by atoms with Gasteiger partial charge in [-0.2, -0.15) is 0 Å². The van der Waals surface area contributed by atoms with Crippen LogP contribution in [0, 0.1) is 27.7 Å². The van der Waals surface area contributed by atoms with Crippen LogP contribution >= 0.6 is 15.9 Å². The number of rotatable bonds is 7. The molecule has 0 spiro atoms. The quantitative estimate of drug-likeness (QED) is 0.459. The lowest BCUT2D eigenvalue weighted by molar-refractivity contribution is 0.406. The van der Waals surface area contributed by atoms with Crippen LogP contribution in [0.2, 0.25) is 0 Å². The van der Waals surface area contributed by atoms with E-state index in [-0.39, 0.29) is 0 Å². The first-order chi connectivity index (χ1) is 12.9. The van der Waals surface area contributed by atoms with Crippen molar-refractivity contribution in [2.24, 2.45) is 0 Å². The summed E-state index contributed by atoms with van der Waals surface area (Å²) in [5.41, 5.74) is 10.5. The summed E-state index contributed by atoms with van der Waals surface area (Å²) in [4.78, 5) is 0. The van der Waals surface area contributed by atoms with E-state index in [1.165, 1.54) is 44.5 Å². The Hall–Kier alpha value is -1.48. The highest BCUT2D eigenvalue weighted by Gasteiger charge is 2.24. The maximum absolute atomic E-state index is 5.70. The van der Waals surface area contributed by atoms with Crippen molar-refractivity contribution in [1.29, 1.82) is 0 Å². The number of alkyl halides is 1. The first-order valence-electron chi connectivity index (χ1n) is 9.75. The molecule has 2 aromatic carbocycles. The van der Waals surface area contributed by atoms with E-state index >= 15 is 0 Å². The molecule has 0 aliphatic rings. The van der Waals surface area contributed by atoms with Gasteiger partial charge in [-0.25, -0.2) is 0 Å². The summed E-state index contributed by atoms with van der Waals surface area (Å²) in [6.07, 6.45) is 1.94. The Morgan fingerprint density at radius 1 is 0.778 bits per heavy atom. The minimum absolute atomic E-state index is 0.301. The predicted octanol–water partition coefficient (Wildman–Crippen LogP) is 6.59. The molecule has 0 heterocycles. The molecule has 0 aliphatic heterocycles. The van der Waals surface area contributed by atoms with E-state index in [1.54, 1.807) is 14.2 Å². The number of benzene rings is 2. The average Bonchev–Trinajstić information content (AvgIpc) is 2.66. The van der Waals surface area contributed by atoms with Gasteiger partial charge in [-0.15, -0.1) is 0 Å². The van der Waals surface area contributed by atoms with Crippen molar-refractivity contribution in [3.8, 4) is 11.5 Å². The van der Waals surface area contributed by atoms with Crippen molar-refractivity contribution >= 4 is 15.9 Å². The highest BCUT2D eigenvalue weighted by atomic mass is 79.9. The topological polar surface area (TPSA) is 18.5 Å². The lowest BCUT2D eigenvalue weighted by Crippen LogP contribution is -2.12. The Labute approximate surface area is 173 Å². The minimum Gasteiger partial charge on any atom is -0.496 e. The maximum atomic E-state index is 5.70. The molecule has 0 saturated carbocycles. The molecule has 0 saturated heterocycles. The molecule has 0 aliphatic carbocycles. The van der Waals surface area contributed by atoms with Crippen LogP contribution in [0.4, 0.5) is 0 Å². The Bertz CT molecular complexity index is 757. The third-order valence-corrected chi connectivity index (χ3v) is 6.45.